The molecule has 0 aliphatic rings. The second kappa shape index (κ2) is 7.54. The summed E-state index contributed by atoms with van der Waals surface area (Å²) in [6.45, 7) is 4.52. The minimum Gasteiger partial charge on any atom is -0.134 e. The summed E-state index contributed by atoms with van der Waals surface area (Å²) in [6.07, 6.45) is 8.35. The van der Waals surface area contributed by atoms with Crippen molar-refractivity contribution in [3.63, 3.8) is 0 Å². The van der Waals surface area contributed by atoms with E-state index in [2.05, 4.69) is 23.1 Å². The van der Waals surface area contributed by atoms with E-state index < -0.39 is 0 Å². The number of rotatable bonds is 6. The molecule has 0 fully saturated rings. The Hall–Kier alpha value is 0.430. The Balaban J connectivity index is 2.89. The smallest absolute Gasteiger partial charge is 0.0267 e. The van der Waals surface area contributed by atoms with Crippen molar-refractivity contribution in [1.82, 2.24) is 0 Å². The first-order chi connectivity index (χ1) is 4.81. The van der Waals surface area contributed by atoms with Crippen molar-refractivity contribution in [1.29, 1.82) is 0 Å². The molecule has 0 saturated carbocycles. The predicted molar refractivity (Wildman–Crippen MR) is 52.5 cm³/mol. The third-order valence-corrected chi connectivity index (χ3v) is 2.76. The molecule has 0 radical (unpaired) electrons. The van der Waals surface area contributed by atoms with Crippen LogP contribution in [0.4, 0.5) is 0 Å². The predicted octanol–water partition coefficient (Wildman–Crippen LogP) is 3.61. The largest absolute Gasteiger partial charge is 0.134 e. The second-order valence-electron chi connectivity index (χ2n) is 3.02. The molecule has 0 heterocycles. The summed E-state index contributed by atoms with van der Waals surface area (Å²) in [5, 5.41) is 0. The molecule has 10 heavy (non-hydrogen) atoms. The molecule has 0 N–H and O–H groups in total. The molecule has 0 aromatic heterocycles. The molecular formula is C9H21P. The van der Waals surface area contributed by atoms with E-state index >= 15 is 0 Å². The zero-order valence-corrected chi connectivity index (χ0v) is 8.55. The topological polar surface area (TPSA) is 0 Å². The Morgan fingerprint density at radius 1 is 1.10 bits per heavy atom. The molecule has 0 aliphatic heterocycles. The summed E-state index contributed by atoms with van der Waals surface area (Å²) in [4.78, 5) is 0. The molecule has 62 valence electrons. The van der Waals surface area contributed by atoms with E-state index in [4.69, 9.17) is 0 Å². The van der Waals surface area contributed by atoms with Gasteiger partial charge in [-0.3, -0.25) is 0 Å². The number of hydrogen-bond acceptors (Lipinski definition) is 0. The van der Waals surface area contributed by atoms with Gasteiger partial charge in [-0.2, -0.15) is 0 Å². The van der Waals surface area contributed by atoms with Crippen LogP contribution >= 0.6 is 9.24 Å². The first-order valence-electron chi connectivity index (χ1n) is 4.56. The van der Waals surface area contributed by atoms with E-state index in [-0.39, 0.29) is 0 Å². The highest BCUT2D eigenvalue weighted by Gasteiger charge is 1.96. The zero-order chi connectivity index (χ0) is 7.82. The minimum absolute atomic E-state index is 0.872. The van der Waals surface area contributed by atoms with Gasteiger partial charge in [0, 0.05) is 0 Å². The fourth-order valence-corrected chi connectivity index (χ4v) is 1.27. The van der Waals surface area contributed by atoms with Gasteiger partial charge < -0.3 is 0 Å². The van der Waals surface area contributed by atoms with Crippen molar-refractivity contribution < 1.29 is 0 Å². The van der Waals surface area contributed by atoms with Gasteiger partial charge in [0.25, 0.3) is 0 Å². The molecule has 0 nitrogen and oxygen atoms in total. The van der Waals surface area contributed by atoms with Crippen LogP contribution in [0.5, 0.6) is 0 Å². The summed E-state index contributed by atoms with van der Waals surface area (Å²) in [6, 6.07) is 0. The molecule has 2 atom stereocenters. The molecule has 0 spiro atoms. The van der Waals surface area contributed by atoms with Crippen LogP contribution in [0.3, 0.4) is 0 Å². The van der Waals surface area contributed by atoms with Crippen LogP contribution in [0.2, 0.25) is 0 Å². The summed E-state index contributed by atoms with van der Waals surface area (Å²) >= 11 is 0. The Labute approximate surface area is 68.0 Å². The molecule has 0 bridgehead atoms. The number of hydrogen-bond donors (Lipinski definition) is 0. The molecule has 2 unspecified atom stereocenters. The standard InChI is InChI=1S/C9H21P/c1-3-5-6-7-8-9(10)4-2/h9H,3-8,10H2,1-2H3. The van der Waals surface area contributed by atoms with E-state index in [9.17, 15) is 0 Å². The van der Waals surface area contributed by atoms with Crippen LogP contribution in [0.25, 0.3) is 0 Å². The van der Waals surface area contributed by atoms with Crippen molar-refractivity contribution in [3.8, 4) is 0 Å². The van der Waals surface area contributed by atoms with Crippen LogP contribution in [0, 0.1) is 0 Å². The minimum atomic E-state index is 0.872. The third kappa shape index (κ3) is 6.55. The van der Waals surface area contributed by atoms with E-state index in [1.165, 1.54) is 38.5 Å². The van der Waals surface area contributed by atoms with Crippen LogP contribution in [0.1, 0.15) is 52.4 Å². The summed E-state index contributed by atoms with van der Waals surface area (Å²) < 4.78 is 0. The Morgan fingerprint density at radius 2 is 1.80 bits per heavy atom. The fraction of sp³-hybridized carbons (Fsp3) is 1.00. The SMILES string of the molecule is CCCCCCC(P)CC. The highest BCUT2D eigenvalue weighted by molar-refractivity contribution is 7.17. The highest BCUT2D eigenvalue weighted by Crippen LogP contribution is 2.14. The maximum absolute atomic E-state index is 2.92. The van der Waals surface area contributed by atoms with Gasteiger partial charge in [0.15, 0.2) is 0 Å². The highest BCUT2D eigenvalue weighted by atomic mass is 31.0. The molecule has 0 aromatic carbocycles. The molecule has 0 amide bonds. The number of unbranched alkanes of at least 4 members (excludes halogenated alkanes) is 3. The quantitative estimate of drug-likeness (QED) is 0.411. The van der Waals surface area contributed by atoms with E-state index in [1.54, 1.807) is 0 Å². The Bertz CT molecular complexity index is 61.7. The Kier molecular flexibility index (Phi) is 7.86. The van der Waals surface area contributed by atoms with Gasteiger partial charge in [0.2, 0.25) is 0 Å². The van der Waals surface area contributed by atoms with Gasteiger partial charge in [0.05, 0.1) is 0 Å². The van der Waals surface area contributed by atoms with Gasteiger partial charge >= 0.3 is 0 Å². The van der Waals surface area contributed by atoms with Crippen LogP contribution in [-0.2, 0) is 0 Å². The van der Waals surface area contributed by atoms with E-state index in [1.807, 2.05) is 0 Å². The van der Waals surface area contributed by atoms with E-state index in [0.29, 0.717) is 0 Å². The van der Waals surface area contributed by atoms with Crippen molar-refractivity contribution in [3.05, 3.63) is 0 Å². The third-order valence-electron chi connectivity index (χ3n) is 1.95. The molecule has 1 heteroatoms. The van der Waals surface area contributed by atoms with Crippen LogP contribution in [0.15, 0.2) is 0 Å². The van der Waals surface area contributed by atoms with Crippen molar-refractivity contribution in [2.75, 3.05) is 0 Å². The first-order valence-corrected chi connectivity index (χ1v) is 5.23. The summed E-state index contributed by atoms with van der Waals surface area (Å²) in [5.41, 5.74) is 0.872. The van der Waals surface area contributed by atoms with Gasteiger partial charge in [-0.05, 0) is 18.5 Å². The molecular weight excluding hydrogens is 139 g/mol. The van der Waals surface area contributed by atoms with Gasteiger partial charge in [-0.25, -0.2) is 0 Å². The average Bonchev–Trinajstić information content (AvgIpc) is 1.98. The summed E-state index contributed by atoms with van der Waals surface area (Å²) in [7, 11) is 2.92. The monoisotopic (exact) mass is 160 g/mol. The molecule has 0 aromatic rings. The molecule has 0 aliphatic carbocycles. The lowest BCUT2D eigenvalue weighted by Gasteiger charge is -2.06. The molecule has 0 rings (SSSR count). The normalized spacial score (nSPS) is 13.5. The van der Waals surface area contributed by atoms with Gasteiger partial charge in [0.1, 0.15) is 0 Å². The maximum atomic E-state index is 2.92. The lowest BCUT2D eigenvalue weighted by molar-refractivity contribution is 0.610. The van der Waals surface area contributed by atoms with E-state index in [0.717, 1.165) is 5.66 Å². The maximum Gasteiger partial charge on any atom is -0.0267 e. The van der Waals surface area contributed by atoms with Crippen molar-refractivity contribution >= 4 is 9.24 Å². The lowest BCUT2D eigenvalue weighted by atomic mass is 10.1. The van der Waals surface area contributed by atoms with Gasteiger partial charge in [-0.15, -0.1) is 9.24 Å². The molecule has 0 saturated heterocycles. The van der Waals surface area contributed by atoms with Crippen molar-refractivity contribution in [2.45, 2.75) is 58.0 Å². The van der Waals surface area contributed by atoms with Crippen molar-refractivity contribution in [2.24, 2.45) is 0 Å². The first kappa shape index (κ1) is 10.4. The lowest BCUT2D eigenvalue weighted by Crippen LogP contribution is -1.93. The van der Waals surface area contributed by atoms with Crippen LogP contribution in [-0.4, -0.2) is 5.66 Å². The fourth-order valence-electron chi connectivity index (χ4n) is 1.04. The average molecular weight is 160 g/mol. The second-order valence-corrected chi connectivity index (χ2v) is 3.96. The summed E-state index contributed by atoms with van der Waals surface area (Å²) in [5.74, 6) is 0. The zero-order valence-electron chi connectivity index (χ0n) is 7.40. The Morgan fingerprint density at radius 3 is 2.30 bits per heavy atom. The van der Waals surface area contributed by atoms with Gasteiger partial charge in [-0.1, -0.05) is 39.5 Å². The van der Waals surface area contributed by atoms with Crippen LogP contribution < -0.4 is 0 Å².